The third-order valence-corrected chi connectivity index (χ3v) is 4.74. The molecule has 21 heavy (non-hydrogen) atoms. The zero-order valence-electron chi connectivity index (χ0n) is 12.7. The van der Waals surface area contributed by atoms with Crippen molar-refractivity contribution < 1.29 is 4.79 Å². The van der Waals surface area contributed by atoms with Gasteiger partial charge in [-0.15, -0.1) is 0 Å². The van der Waals surface area contributed by atoms with Crippen LogP contribution < -0.4 is 4.90 Å². The van der Waals surface area contributed by atoms with Crippen LogP contribution in [0.5, 0.6) is 0 Å². The Morgan fingerprint density at radius 3 is 2.57 bits per heavy atom. The minimum absolute atomic E-state index is 0.234. The van der Waals surface area contributed by atoms with Crippen LogP contribution in [-0.2, 0) is 4.79 Å². The molecule has 0 saturated heterocycles. The van der Waals surface area contributed by atoms with Gasteiger partial charge in [0.15, 0.2) is 0 Å². The van der Waals surface area contributed by atoms with Gasteiger partial charge in [0.1, 0.15) is 0 Å². The molecule has 1 saturated carbocycles. The van der Waals surface area contributed by atoms with E-state index in [1.165, 1.54) is 36.5 Å². The maximum atomic E-state index is 12.4. The van der Waals surface area contributed by atoms with Crippen molar-refractivity contribution in [3.63, 3.8) is 0 Å². The van der Waals surface area contributed by atoms with Crippen LogP contribution in [0.15, 0.2) is 42.5 Å². The SMILES string of the molecule is CN(C(=O)CCC1CCCC1)c1ccc2ccccc2c1. The molecule has 110 valence electrons. The quantitative estimate of drug-likeness (QED) is 0.790. The van der Waals surface area contributed by atoms with Crippen molar-refractivity contribution in [2.45, 2.75) is 38.5 Å². The van der Waals surface area contributed by atoms with E-state index in [4.69, 9.17) is 0 Å². The van der Waals surface area contributed by atoms with E-state index in [1.54, 1.807) is 4.90 Å². The highest BCUT2D eigenvalue weighted by molar-refractivity contribution is 5.95. The summed E-state index contributed by atoms with van der Waals surface area (Å²) in [7, 11) is 1.89. The molecule has 0 N–H and O–H groups in total. The van der Waals surface area contributed by atoms with Gasteiger partial charge in [0.05, 0.1) is 0 Å². The molecule has 0 radical (unpaired) electrons. The van der Waals surface area contributed by atoms with Crippen molar-refractivity contribution in [1.29, 1.82) is 0 Å². The summed E-state index contributed by atoms with van der Waals surface area (Å²) in [4.78, 5) is 14.2. The van der Waals surface area contributed by atoms with Crippen LogP contribution in [0, 0.1) is 5.92 Å². The fraction of sp³-hybridized carbons (Fsp3) is 0.421. The first-order valence-corrected chi connectivity index (χ1v) is 7.99. The Morgan fingerprint density at radius 1 is 1.10 bits per heavy atom. The molecule has 0 unspecified atom stereocenters. The van der Waals surface area contributed by atoms with Crippen LogP contribution in [0.2, 0.25) is 0 Å². The predicted octanol–water partition coefficient (Wildman–Crippen LogP) is 4.77. The van der Waals surface area contributed by atoms with E-state index in [0.29, 0.717) is 6.42 Å². The highest BCUT2D eigenvalue weighted by atomic mass is 16.2. The molecule has 0 bridgehead atoms. The summed E-state index contributed by atoms with van der Waals surface area (Å²) >= 11 is 0. The van der Waals surface area contributed by atoms with Gasteiger partial charge in [-0.1, -0.05) is 56.0 Å². The molecule has 1 amide bonds. The number of rotatable bonds is 4. The minimum atomic E-state index is 0.234. The molecule has 2 aromatic rings. The lowest BCUT2D eigenvalue weighted by Gasteiger charge is -2.19. The third-order valence-electron chi connectivity index (χ3n) is 4.74. The van der Waals surface area contributed by atoms with Crippen LogP contribution >= 0.6 is 0 Å². The van der Waals surface area contributed by atoms with Crippen molar-refractivity contribution in [2.24, 2.45) is 5.92 Å². The summed E-state index contributed by atoms with van der Waals surface area (Å²) in [5.41, 5.74) is 0.991. The largest absolute Gasteiger partial charge is 0.315 e. The zero-order valence-corrected chi connectivity index (χ0v) is 12.7. The fourth-order valence-electron chi connectivity index (χ4n) is 3.32. The average molecular weight is 281 g/mol. The minimum Gasteiger partial charge on any atom is -0.315 e. The summed E-state index contributed by atoms with van der Waals surface area (Å²) < 4.78 is 0. The number of carbonyl (C=O) groups excluding carboxylic acids is 1. The molecule has 0 aliphatic heterocycles. The Kier molecular flexibility index (Phi) is 4.23. The maximum absolute atomic E-state index is 12.4. The lowest BCUT2D eigenvalue weighted by atomic mass is 10.0. The molecule has 1 aliphatic rings. The Bertz CT molecular complexity index is 628. The molecular formula is C19H23NO. The van der Waals surface area contributed by atoms with Gasteiger partial charge >= 0.3 is 0 Å². The van der Waals surface area contributed by atoms with Crippen molar-refractivity contribution in [1.82, 2.24) is 0 Å². The monoisotopic (exact) mass is 281 g/mol. The fourth-order valence-corrected chi connectivity index (χ4v) is 3.32. The topological polar surface area (TPSA) is 20.3 Å². The average Bonchev–Trinajstić information content (AvgIpc) is 3.05. The first-order chi connectivity index (χ1) is 10.2. The Balaban J connectivity index is 1.67. The van der Waals surface area contributed by atoms with Gasteiger partial charge in [0.25, 0.3) is 0 Å². The highest BCUT2D eigenvalue weighted by Crippen LogP contribution is 2.29. The summed E-state index contributed by atoms with van der Waals surface area (Å²) in [5, 5.41) is 2.40. The van der Waals surface area contributed by atoms with Crippen LogP contribution in [-0.4, -0.2) is 13.0 Å². The Morgan fingerprint density at radius 2 is 1.81 bits per heavy atom. The van der Waals surface area contributed by atoms with Gasteiger partial charge < -0.3 is 4.90 Å². The van der Waals surface area contributed by atoms with Crippen LogP contribution in [0.4, 0.5) is 5.69 Å². The lowest BCUT2D eigenvalue weighted by Crippen LogP contribution is -2.26. The first kappa shape index (κ1) is 14.1. The van der Waals surface area contributed by atoms with Crippen molar-refractivity contribution in [3.05, 3.63) is 42.5 Å². The van der Waals surface area contributed by atoms with Crippen molar-refractivity contribution >= 4 is 22.4 Å². The number of fused-ring (bicyclic) bond motifs is 1. The van der Waals surface area contributed by atoms with E-state index < -0.39 is 0 Å². The molecule has 3 rings (SSSR count). The zero-order chi connectivity index (χ0) is 14.7. The summed E-state index contributed by atoms with van der Waals surface area (Å²) in [5.74, 6) is 1.01. The van der Waals surface area contributed by atoms with Gasteiger partial charge in [0.2, 0.25) is 5.91 Å². The maximum Gasteiger partial charge on any atom is 0.226 e. The second kappa shape index (κ2) is 6.30. The van der Waals surface area contributed by atoms with Gasteiger partial charge in [-0.3, -0.25) is 4.79 Å². The molecule has 2 nitrogen and oxygen atoms in total. The van der Waals surface area contributed by atoms with Crippen LogP contribution in [0.25, 0.3) is 10.8 Å². The van der Waals surface area contributed by atoms with E-state index in [0.717, 1.165) is 18.0 Å². The summed E-state index contributed by atoms with van der Waals surface area (Å²) in [6.07, 6.45) is 7.05. The number of hydrogen-bond acceptors (Lipinski definition) is 1. The Hall–Kier alpha value is -1.83. The second-order valence-corrected chi connectivity index (χ2v) is 6.17. The smallest absolute Gasteiger partial charge is 0.226 e. The van der Waals surface area contributed by atoms with Gasteiger partial charge in [-0.05, 0) is 35.2 Å². The number of hydrogen-bond donors (Lipinski definition) is 0. The predicted molar refractivity (Wildman–Crippen MR) is 88.6 cm³/mol. The molecule has 0 aromatic heterocycles. The first-order valence-electron chi connectivity index (χ1n) is 7.99. The molecule has 2 heteroatoms. The van der Waals surface area contributed by atoms with Crippen molar-refractivity contribution in [3.8, 4) is 0 Å². The second-order valence-electron chi connectivity index (χ2n) is 6.17. The highest BCUT2D eigenvalue weighted by Gasteiger charge is 2.18. The van der Waals surface area contributed by atoms with Crippen LogP contribution in [0.1, 0.15) is 38.5 Å². The molecular weight excluding hydrogens is 258 g/mol. The Labute approximate surface area is 126 Å². The summed E-state index contributed by atoms with van der Waals surface area (Å²) in [6.45, 7) is 0. The van der Waals surface area contributed by atoms with Crippen molar-refractivity contribution in [2.75, 3.05) is 11.9 Å². The van der Waals surface area contributed by atoms with Gasteiger partial charge in [-0.2, -0.15) is 0 Å². The van der Waals surface area contributed by atoms with E-state index >= 15 is 0 Å². The number of anilines is 1. The number of carbonyl (C=O) groups is 1. The normalized spacial score (nSPS) is 15.5. The third kappa shape index (κ3) is 3.26. The number of benzene rings is 2. The molecule has 0 atom stereocenters. The summed E-state index contributed by atoms with van der Waals surface area (Å²) in [6, 6.07) is 14.5. The lowest BCUT2D eigenvalue weighted by molar-refractivity contribution is -0.118. The van der Waals surface area contributed by atoms with Crippen LogP contribution in [0.3, 0.4) is 0 Å². The molecule has 1 aliphatic carbocycles. The number of nitrogens with zero attached hydrogens (tertiary/aromatic N) is 1. The van der Waals surface area contributed by atoms with E-state index in [-0.39, 0.29) is 5.91 Å². The van der Waals surface area contributed by atoms with Gasteiger partial charge in [-0.25, -0.2) is 0 Å². The van der Waals surface area contributed by atoms with Gasteiger partial charge in [0, 0.05) is 19.2 Å². The van der Waals surface area contributed by atoms with E-state index in [9.17, 15) is 4.79 Å². The molecule has 0 spiro atoms. The molecule has 2 aromatic carbocycles. The molecule has 1 fully saturated rings. The molecule has 0 heterocycles. The number of amides is 1. The van der Waals surface area contributed by atoms with E-state index in [2.05, 4.69) is 24.3 Å². The van der Waals surface area contributed by atoms with E-state index in [1.807, 2.05) is 25.2 Å². The standard InChI is InChI=1S/C19H23NO/c1-20(19(21)13-10-15-6-2-3-7-15)18-12-11-16-8-4-5-9-17(16)14-18/h4-5,8-9,11-12,14-15H,2-3,6-7,10,13H2,1H3.